The maximum atomic E-state index is 12.8. The van der Waals surface area contributed by atoms with Gasteiger partial charge in [-0.15, -0.1) is 5.06 Å². The molecule has 188 valence electrons. The molecule has 9 nitrogen and oxygen atoms in total. The van der Waals surface area contributed by atoms with Crippen molar-refractivity contribution in [3.8, 4) is 0 Å². The summed E-state index contributed by atoms with van der Waals surface area (Å²) in [5.41, 5.74) is 7.20. The maximum Gasteiger partial charge on any atom is 0.432 e. The first kappa shape index (κ1) is 25.0. The number of halogens is 3. The number of nitrogens with two attached hydrogens (primary N) is 1. The fourth-order valence-electron chi connectivity index (χ4n) is 3.86. The number of aromatic nitrogens is 1. The van der Waals surface area contributed by atoms with E-state index in [4.69, 9.17) is 10.5 Å². The van der Waals surface area contributed by atoms with Crippen LogP contribution in [0.3, 0.4) is 0 Å². The van der Waals surface area contributed by atoms with Crippen molar-refractivity contribution < 1.29 is 32.3 Å². The van der Waals surface area contributed by atoms with Crippen LogP contribution in [-0.4, -0.2) is 71.5 Å². The fraction of sp³-hybridized carbons (Fsp3) is 0.435. The Morgan fingerprint density at radius 1 is 1.20 bits per heavy atom. The molecule has 0 aliphatic carbocycles. The number of aryl methyl sites for hydroxylation is 1. The molecule has 35 heavy (non-hydrogen) atoms. The second-order valence-corrected chi connectivity index (χ2v) is 8.29. The normalized spacial score (nSPS) is 23.0. The number of ether oxygens (including phenoxy) is 1. The molecule has 0 spiro atoms. The highest BCUT2D eigenvalue weighted by atomic mass is 19.4. The first-order valence-corrected chi connectivity index (χ1v) is 11.2. The summed E-state index contributed by atoms with van der Waals surface area (Å²) in [4.78, 5) is 35.6. The molecule has 2 fully saturated rings. The van der Waals surface area contributed by atoms with E-state index in [2.05, 4.69) is 15.1 Å². The van der Waals surface area contributed by atoms with Crippen LogP contribution < -0.4 is 11.1 Å². The van der Waals surface area contributed by atoms with Crippen LogP contribution >= 0.6 is 0 Å². The van der Waals surface area contributed by atoms with Gasteiger partial charge < -0.3 is 20.7 Å². The van der Waals surface area contributed by atoms with Gasteiger partial charge in [-0.3, -0.25) is 19.4 Å². The van der Waals surface area contributed by atoms with E-state index in [1.54, 1.807) is 4.90 Å². The molecule has 4 rings (SSSR count). The number of nitrogens with one attached hydrogen (secondary N) is 1. The van der Waals surface area contributed by atoms with Crippen molar-refractivity contribution in [2.24, 2.45) is 5.73 Å². The topological polar surface area (TPSA) is 113 Å². The number of amides is 2. The Kier molecular flexibility index (Phi) is 7.65. The van der Waals surface area contributed by atoms with Gasteiger partial charge in [-0.2, -0.15) is 13.2 Å². The summed E-state index contributed by atoms with van der Waals surface area (Å²) in [6.07, 6.45) is -5.53. The van der Waals surface area contributed by atoms with E-state index in [0.717, 1.165) is 5.56 Å². The maximum absolute atomic E-state index is 12.8. The Labute approximate surface area is 199 Å². The molecule has 2 aliphatic heterocycles. The molecule has 1 aromatic carbocycles. The van der Waals surface area contributed by atoms with Gasteiger partial charge in [0.1, 0.15) is 11.9 Å². The molecule has 2 unspecified atom stereocenters. The van der Waals surface area contributed by atoms with Crippen LogP contribution in [0.25, 0.3) is 0 Å². The number of rotatable bonds is 8. The molecule has 0 saturated carbocycles. The number of alkyl halides is 3. The van der Waals surface area contributed by atoms with E-state index >= 15 is 0 Å². The van der Waals surface area contributed by atoms with E-state index < -0.39 is 24.5 Å². The van der Waals surface area contributed by atoms with Crippen molar-refractivity contribution in [2.75, 3.05) is 26.3 Å². The number of pyridine rings is 1. The number of hydrogen-bond acceptors (Lipinski definition) is 7. The zero-order chi connectivity index (χ0) is 25.0. The average Bonchev–Trinajstić information content (AvgIpc) is 3.68. The summed E-state index contributed by atoms with van der Waals surface area (Å²) >= 11 is 0. The monoisotopic (exact) mass is 493 g/mol. The molecule has 2 amide bonds. The van der Waals surface area contributed by atoms with Gasteiger partial charge in [-0.25, -0.2) is 0 Å². The quantitative estimate of drug-likeness (QED) is 0.539. The highest BCUT2D eigenvalue weighted by molar-refractivity contribution is 5.92. The van der Waals surface area contributed by atoms with Crippen molar-refractivity contribution in [3.05, 3.63) is 65.5 Å². The van der Waals surface area contributed by atoms with Gasteiger partial charge in [0.25, 0.3) is 12.1 Å². The molecule has 0 radical (unpaired) electrons. The van der Waals surface area contributed by atoms with Gasteiger partial charge in [0.2, 0.25) is 5.91 Å². The third-order valence-corrected chi connectivity index (χ3v) is 5.84. The van der Waals surface area contributed by atoms with Crippen LogP contribution in [-0.2, 0) is 20.8 Å². The van der Waals surface area contributed by atoms with Gasteiger partial charge in [0, 0.05) is 31.3 Å². The summed E-state index contributed by atoms with van der Waals surface area (Å²) < 4.78 is 43.4. The van der Waals surface area contributed by atoms with Crippen LogP contribution in [0.2, 0.25) is 0 Å². The van der Waals surface area contributed by atoms with Crippen molar-refractivity contribution in [1.82, 2.24) is 20.3 Å². The number of carbonyl (C=O) groups excluding carboxylic acids is 2. The van der Waals surface area contributed by atoms with Gasteiger partial charge in [-0.05, 0) is 18.1 Å². The lowest BCUT2D eigenvalue weighted by Crippen LogP contribution is -2.53. The van der Waals surface area contributed by atoms with Crippen LogP contribution in [0.1, 0.15) is 34.2 Å². The zero-order valence-electron chi connectivity index (χ0n) is 18.8. The number of benzene rings is 1. The van der Waals surface area contributed by atoms with Crippen molar-refractivity contribution in [3.63, 3.8) is 0 Å². The minimum absolute atomic E-state index is 0.0117. The molecule has 2 aliphatic rings. The second-order valence-electron chi connectivity index (χ2n) is 8.29. The Balaban J connectivity index is 1.28. The molecular formula is C23H26F3N5O4. The van der Waals surface area contributed by atoms with Gasteiger partial charge in [-0.1, -0.05) is 36.4 Å². The third kappa shape index (κ3) is 6.34. The number of nitrogens with zero attached hydrogens (tertiary/aromatic N) is 3. The summed E-state index contributed by atoms with van der Waals surface area (Å²) in [5, 5.41) is 3.36. The molecular weight excluding hydrogens is 467 g/mol. The van der Waals surface area contributed by atoms with Crippen LogP contribution in [0.5, 0.6) is 0 Å². The lowest BCUT2D eigenvalue weighted by atomic mass is 10.1. The highest BCUT2D eigenvalue weighted by Crippen LogP contribution is 2.40. The minimum Gasteiger partial charge on any atom is -0.377 e. The van der Waals surface area contributed by atoms with E-state index in [1.165, 1.54) is 18.3 Å². The molecule has 12 heteroatoms. The SMILES string of the molecule is NC(c1ccc(C(=O)NC[C@H]2COCCN2C(=O)CCc2ccccc2)nc1)N1O[C@H]1C(F)(F)F. The first-order valence-electron chi connectivity index (χ1n) is 11.2. The van der Waals surface area contributed by atoms with Gasteiger partial charge in [0.15, 0.2) is 0 Å². The number of hydrogen-bond donors (Lipinski definition) is 2. The van der Waals surface area contributed by atoms with Crippen molar-refractivity contribution >= 4 is 11.8 Å². The third-order valence-electron chi connectivity index (χ3n) is 5.84. The average molecular weight is 493 g/mol. The van der Waals surface area contributed by atoms with E-state index in [-0.39, 0.29) is 29.8 Å². The highest BCUT2D eigenvalue weighted by Gasteiger charge is 2.59. The Morgan fingerprint density at radius 2 is 1.97 bits per heavy atom. The Bertz CT molecular complexity index is 1020. The molecule has 0 bridgehead atoms. The number of morpholine rings is 1. The largest absolute Gasteiger partial charge is 0.432 e. The summed E-state index contributed by atoms with van der Waals surface area (Å²) in [5.74, 6) is -0.495. The summed E-state index contributed by atoms with van der Waals surface area (Å²) in [6.45, 7) is 1.35. The second kappa shape index (κ2) is 10.7. The van der Waals surface area contributed by atoms with Crippen molar-refractivity contribution in [2.45, 2.75) is 37.5 Å². The van der Waals surface area contributed by atoms with Crippen molar-refractivity contribution in [1.29, 1.82) is 0 Å². The van der Waals surface area contributed by atoms with Gasteiger partial charge >= 0.3 is 6.18 Å². The number of hydroxylamine groups is 2. The predicted molar refractivity (Wildman–Crippen MR) is 117 cm³/mol. The smallest absolute Gasteiger partial charge is 0.377 e. The van der Waals surface area contributed by atoms with E-state index in [9.17, 15) is 22.8 Å². The van der Waals surface area contributed by atoms with Gasteiger partial charge in [0.05, 0.1) is 19.3 Å². The molecule has 3 N–H and O–H groups in total. The van der Waals surface area contributed by atoms with Crippen LogP contribution in [0.15, 0.2) is 48.7 Å². The number of carbonyl (C=O) groups is 2. The fourth-order valence-corrected chi connectivity index (χ4v) is 3.86. The lowest BCUT2D eigenvalue weighted by Gasteiger charge is -2.35. The zero-order valence-corrected chi connectivity index (χ0v) is 18.8. The lowest BCUT2D eigenvalue weighted by molar-refractivity contribution is -0.148. The van der Waals surface area contributed by atoms with E-state index in [0.29, 0.717) is 37.7 Å². The molecule has 2 aromatic rings. The molecule has 2 saturated heterocycles. The molecule has 1 aromatic heterocycles. The Hall–Kier alpha value is -3.06. The van der Waals surface area contributed by atoms with E-state index in [1.807, 2.05) is 30.3 Å². The molecule has 4 atom stereocenters. The minimum atomic E-state index is -4.54. The summed E-state index contributed by atoms with van der Waals surface area (Å²) in [7, 11) is 0. The standard InChI is InChI=1S/C23H26F3N5O4/c24-23(25,26)22-31(35-22)20(27)16-7-8-18(28-12-16)21(33)29-13-17-14-34-11-10-30(17)19(32)9-6-15-4-2-1-3-5-15/h1-5,7-8,12,17,20,22H,6,9-11,13-14,27H2,(H,29,33)/t17-,20?,22-,31?/m0/s1. The first-order chi connectivity index (χ1) is 16.7. The molecule has 3 heterocycles. The van der Waals surface area contributed by atoms with Crippen LogP contribution in [0, 0.1) is 0 Å². The Morgan fingerprint density at radius 3 is 2.63 bits per heavy atom. The predicted octanol–water partition coefficient (Wildman–Crippen LogP) is 1.76. The van der Waals surface area contributed by atoms with Crippen LogP contribution in [0.4, 0.5) is 13.2 Å². The summed E-state index contributed by atoms with van der Waals surface area (Å²) in [6, 6.07) is 12.2.